The first kappa shape index (κ1) is 19.9. The normalized spacial score (nSPS) is 21.8. The molecule has 1 aliphatic carbocycles. The van der Waals surface area contributed by atoms with Crippen LogP contribution in [0.3, 0.4) is 0 Å². The fourth-order valence-corrected chi connectivity index (χ4v) is 4.30. The fraction of sp³-hybridized carbons (Fsp3) is 0.476. The number of nitrogens with one attached hydrogen (secondary N) is 1. The number of aromatic nitrogens is 2. The Balaban J connectivity index is 1.46. The first-order valence-corrected chi connectivity index (χ1v) is 10.4. The lowest BCUT2D eigenvalue weighted by atomic mass is 9.87. The number of amides is 2. The second-order valence-electron chi connectivity index (χ2n) is 7.68. The van der Waals surface area contributed by atoms with Gasteiger partial charge < -0.3 is 10.1 Å². The predicted molar refractivity (Wildman–Crippen MR) is 115 cm³/mol. The molecule has 154 valence electrons. The highest BCUT2D eigenvalue weighted by atomic mass is 35.5. The van der Waals surface area contributed by atoms with Gasteiger partial charge in [0, 0.05) is 32.5 Å². The van der Waals surface area contributed by atoms with Gasteiger partial charge in [-0.2, -0.15) is 4.98 Å². The number of urea groups is 1. The SMILES string of the molecule is COC1CCC(CNc2ncc3c(n2)N(C)C(=O)N(c2ccccc2Cl)C3)CC1. The topological polar surface area (TPSA) is 70.6 Å². The summed E-state index contributed by atoms with van der Waals surface area (Å²) in [6, 6.07) is 7.18. The number of rotatable bonds is 5. The van der Waals surface area contributed by atoms with Gasteiger partial charge in [-0.1, -0.05) is 23.7 Å². The summed E-state index contributed by atoms with van der Waals surface area (Å²) in [7, 11) is 3.52. The number of carbonyl (C=O) groups excluding carboxylic acids is 1. The monoisotopic (exact) mass is 415 g/mol. The number of nitrogens with zero attached hydrogens (tertiary/aromatic N) is 4. The Bertz CT molecular complexity index is 885. The van der Waals surface area contributed by atoms with Crippen molar-refractivity contribution in [1.82, 2.24) is 9.97 Å². The molecule has 2 amide bonds. The van der Waals surface area contributed by atoms with Gasteiger partial charge in [0.05, 0.1) is 23.4 Å². The second kappa shape index (κ2) is 8.55. The van der Waals surface area contributed by atoms with Crippen LogP contribution in [0.4, 0.5) is 22.2 Å². The molecule has 1 aromatic carbocycles. The molecule has 8 heteroatoms. The van der Waals surface area contributed by atoms with E-state index in [0.717, 1.165) is 37.8 Å². The maximum Gasteiger partial charge on any atom is 0.330 e. The van der Waals surface area contributed by atoms with E-state index >= 15 is 0 Å². The lowest BCUT2D eigenvalue weighted by molar-refractivity contribution is 0.0585. The lowest BCUT2D eigenvalue weighted by Gasteiger charge is -2.34. The molecule has 0 spiro atoms. The molecule has 1 saturated carbocycles. The fourth-order valence-electron chi connectivity index (χ4n) is 4.06. The number of para-hydroxylation sites is 1. The molecule has 2 heterocycles. The van der Waals surface area contributed by atoms with Crippen molar-refractivity contribution in [2.45, 2.75) is 38.3 Å². The van der Waals surface area contributed by atoms with Crippen molar-refractivity contribution >= 4 is 35.1 Å². The molecule has 0 unspecified atom stereocenters. The lowest BCUT2D eigenvalue weighted by Crippen LogP contribution is -2.46. The molecular weight excluding hydrogens is 390 g/mol. The summed E-state index contributed by atoms with van der Waals surface area (Å²) in [6.45, 7) is 1.22. The van der Waals surface area contributed by atoms with Gasteiger partial charge in [-0.05, 0) is 43.7 Å². The number of fused-ring (bicyclic) bond motifs is 1. The summed E-state index contributed by atoms with van der Waals surface area (Å²) >= 11 is 6.29. The van der Waals surface area contributed by atoms with E-state index in [1.807, 2.05) is 18.2 Å². The average molecular weight is 416 g/mol. The van der Waals surface area contributed by atoms with E-state index in [-0.39, 0.29) is 6.03 Å². The molecule has 7 nitrogen and oxygen atoms in total. The van der Waals surface area contributed by atoms with E-state index < -0.39 is 0 Å². The minimum atomic E-state index is -0.159. The van der Waals surface area contributed by atoms with Crippen LogP contribution in [0.25, 0.3) is 0 Å². The molecule has 0 bridgehead atoms. The van der Waals surface area contributed by atoms with Crippen LogP contribution in [0.2, 0.25) is 5.02 Å². The summed E-state index contributed by atoms with van der Waals surface area (Å²) in [6.07, 6.45) is 6.67. The summed E-state index contributed by atoms with van der Waals surface area (Å²) < 4.78 is 5.44. The van der Waals surface area contributed by atoms with Crippen molar-refractivity contribution in [2.75, 3.05) is 35.8 Å². The maximum absolute atomic E-state index is 12.9. The molecule has 0 saturated heterocycles. The molecule has 29 heavy (non-hydrogen) atoms. The summed E-state index contributed by atoms with van der Waals surface area (Å²) in [5.74, 6) is 1.79. The number of halogens is 1. The molecule has 2 aromatic rings. The Labute approximate surface area is 176 Å². The van der Waals surface area contributed by atoms with Gasteiger partial charge >= 0.3 is 6.03 Å². The van der Waals surface area contributed by atoms with Gasteiger partial charge in [-0.3, -0.25) is 9.80 Å². The molecule has 1 aromatic heterocycles. The smallest absolute Gasteiger partial charge is 0.330 e. The average Bonchev–Trinajstić information content (AvgIpc) is 2.76. The summed E-state index contributed by atoms with van der Waals surface area (Å²) in [5, 5.41) is 3.89. The zero-order valence-corrected chi connectivity index (χ0v) is 17.5. The zero-order chi connectivity index (χ0) is 20.4. The highest BCUT2D eigenvalue weighted by molar-refractivity contribution is 6.34. The molecule has 4 rings (SSSR count). The predicted octanol–water partition coefficient (Wildman–Crippen LogP) is 4.32. The maximum atomic E-state index is 12.9. The van der Waals surface area contributed by atoms with Crippen LogP contribution in [0.15, 0.2) is 30.5 Å². The van der Waals surface area contributed by atoms with Crippen molar-refractivity contribution in [3.8, 4) is 0 Å². The van der Waals surface area contributed by atoms with Gasteiger partial charge in [0.1, 0.15) is 5.82 Å². The van der Waals surface area contributed by atoms with E-state index in [0.29, 0.717) is 41.0 Å². The minimum Gasteiger partial charge on any atom is -0.381 e. The Morgan fingerprint density at radius 1 is 1.24 bits per heavy atom. The number of carbonyl (C=O) groups is 1. The van der Waals surface area contributed by atoms with Gasteiger partial charge in [0.25, 0.3) is 0 Å². The van der Waals surface area contributed by atoms with Gasteiger partial charge in [-0.25, -0.2) is 9.78 Å². The Kier molecular flexibility index (Phi) is 5.87. The van der Waals surface area contributed by atoms with Crippen molar-refractivity contribution in [1.29, 1.82) is 0 Å². The van der Waals surface area contributed by atoms with Gasteiger partial charge in [-0.15, -0.1) is 0 Å². The third kappa shape index (κ3) is 4.16. The van der Waals surface area contributed by atoms with E-state index in [2.05, 4.69) is 15.3 Å². The first-order chi connectivity index (χ1) is 14.1. The zero-order valence-electron chi connectivity index (χ0n) is 16.8. The highest BCUT2D eigenvalue weighted by Gasteiger charge is 2.31. The molecule has 1 N–H and O–H groups in total. The number of benzene rings is 1. The number of hydrogen-bond donors (Lipinski definition) is 1. The number of methoxy groups -OCH3 is 1. The summed E-state index contributed by atoms with van der Waals surface area (Å²) in [4.78, 5) is 25.2. The number of ether oxygens (including phenoxy) is 1. The van der Waals surface area contributed by atoms with Crippen LogP contribution < -0.4 is 15.1 Å². The van der Waals surface area contributed by atoms with E-state index in [1.54, 1.807) is 36.2 Å². The van der Waals surface area contributed by atoms with Crippen LogP contribution in [-0.4, -0.2) is 42.8 Å². The van der Waals surface area contributed by atoms with Gasteiger partial charge in [0.15, 0.2) is 0 Å². The van der Waals surface area contributed by atoms with E-state index in [9.17, 15) is 4.79 Å². The Hall–Kier alpha value is -2.38. The van der Waals surface area contributed by atoms with Crippen LogP contribution >= 0.6 is 11.6 Å². The van der Waals surface area contributed by atoms with Crippen molar-refractivity contribution in [3.63, 3.8) is 0 Å². The van der Waals surface area contributed by atoms with Crippen LogP contribution in [0.5, 0.6) is 0 Å². The van der Waals surface area contributed by atoms with Crippen molar-refractivity contribution in [2.24, 2.45) is 5.92 Å². The van der Waals surface area contributed by atoms with E-state index in [4.69, 9.17) is 16.3 Å². The Morgan fingerprint density at radius 2 is 2.00 bits per heavy atom. The van der Waals surface area contributed by atoms with Crippen LogP contribution in [-0.2, 0) is 11.3 Å². The summed E-state index contributed by atoms with van der Waals surface area (Å²) in [5.41, 5.74) is 1.57. The van der Waals surface area contributed by atoms with Crippen LogP contribution in [0.1, 0.15) is 31.2 Å². The third-order valence-corrected chi connectivity index (χ3v) is 6.14. The van der Waals surface area contributed by atoms with Crippen LogP contribution in [0, 0.1) is 5.92 Å². The molecule has 0 radical (unpaired) electrons. The Morgan fingerprint density at radius 3 is 2.72 bits per heavy atom. The van der Waals surface area contributed by atoms with Crippen molar-refractivity contribution < 1.29 is 9.53 Å². The quantitative estimate of drug-likeness (QED) is 0.787. The van der Waals surface area contributed by atoms with Gasteiger partial charge in [0.2, 0.25) is 5.95 Å². The third-order valence-electron chi connectivity index (χ3n) is 5.82. The second-order valence-corrected chi connectivity index (χ2v) is 8.09. The molecule has 0 atom stereocenters. The number of hydrogen-bond acceptors (Lipinski definition) is 5. The highest BCUT2D eigenvalue weighted by Crippen LogP contribution is 2.33. The van der Waals surface area contributed by atoms with Crippen molar-refractivity contribution in [3.05, 3.63) is 41.0 Å². The first-order valence-electron chi connectivity index (χ1n) is 9.99. The molecule has 1 fully saturated rings. The van der Waals surface area contributed by atoms with E-state index in [1.165, 1.54) is 0 Å². The minimum absolute atomic E-state index is 0.159. The standard InChI is InChI=1S/C21H26ClN5O2/c1-26-19-15(13-27(21(26)28)18-6-4-3-5-17(18)22)12-24-20(25-19)23-11-14-7-9-16(29-2)10-8-14/h3-6,12,14,16H,7-11,13H2,1-2H3,(H,23,24,25). The molecular formula is C21H26ClN5O2. The molecule has 2 aliphatic rings. The molecule has 1 aliphatic heterocycles. The number of anilines is 3. The largest absolute Gasteiger partial charge is 0.381 e.